The molecular formula is C17H21N5O2. The van der Waals surface area contributed by atoms with Gasteiger partial charge in [0.1, 0.15) is 0 Å². The summed E-state index contributed by atoms with van der Waals surface area (Å²) in [6, 6.07) is 3.64. The standard InChI is InChI=1S/C17H21N5O2/c23-16(17-6-2-1-3-13(17)9-19-11-17)20-10-14-21-15(22-24-14)12-4-7-18-8-5-12/h4-5,7-8,13,19H,1-3,6,9-11H2,(H,20,23)/t13-,17+/m0/s1. The number of pyridine rings is 1. The topological polar surface area (TPSA) is 92.9 Å². The number of fused-ring (bicyclic) bond motifs is 1. The normalized spacial score (nSPS) is 26.1. The van der Waals surface area contributed by atoms with Gasteiger partial charge in [0.25, 0.3) is 0 Å². The zero-order chi connectivity index (χ0) is 16.4. The van der Waals surface area contributed by atoms with Crippen LogP contribution >= 0.6 is 0 Å². The van der Waals surface area contributed by atoms with E-state index in [1.165, 1.54) is 6.42 Å². The molecule has 0 radical (unpaired) electrons. The Kier molecular flexibility index (Phi) is 4.02. The molecule has 2 atom stereocenters. The Hall–Kier alpha value is -2.28. The van der Waals surface area contributed by atoms with Gasteiger partial charge in [0.2, 0.25) is 17.6 Å². The van der Waals surface area contributed by atoms with Crippen molar-refractivity contribution in [2.45, 2.75) is 32.2 Å². The van der Waals surface area contributed by atoms with Gasteiger partial charge in [-0.15, -0.1) is 0 Å². The molecule has 1 amide bonds. The third-order valence-corrected chi connectivity index (χ3v) is 5.30. The first-order chi connectivity index (χ1) is 11.8. The number of nitrogens with one attached hydrogen (secondary N) is 2. The summed E-state index contributed by atoms with van der Waals surface area (Å²) in [5, 5.41) is 10.4. The minimum absolute atomic E-state index is 0.112. The van der Waals surface area contributed by atoms with E-state index in [9.17, 15) is 4.79 Å². The molecule has 7 nitrogen and oxygen atoms in total. The molecule has 0 spiro atoms. The first-order valence-electron chi connectivity index (χ1n) is 8.50. The Bertz CT molecular complexity index is 717. The molecule has 2 aliphatic rings. The number of amides is 1. The van der Waals surface area contributed by atoms with Crippen LogP contribution in [0.3, 0.4) is 0 Å². The van der Waals surface area contributed by atoms with Crippen molar-refractivity contribution in [1.29, 1.82) is 0 Å². The summed E-state index contributed by atoms with van der Waals surface area (Å²) in [6.07, 6.45) is 7.81. The van der Waals surface area contributed by atoms with Crippen LogP contribution in [0.1, 0.15) is 31.6 Å². The molecule has 0 aromatic carbocycles. The van der Waals surface area contributed by atoms with Crippen LogP contribution in [0.25, 0.3) is 11.4 Å². The van der Waals surface area contributed by atoms with E-state index in [0.717, 1.165) is 37.9 Å². The van der Waals surface area contributed by atoms with E-state index < -0.39 is 0 Å². The first-order valence-corrected chi connectivity index (χ1v) is 8.50. The monoisotopic (exact) mass is 327 g/mol. The van der Waals surface area contributed by atoms with Crippen LogP contribution in [0.5, 0.6) is 0 Å². The molecule has 4 rings (SSSR count). The average molecular weight is 327 g/mol. The maximum atomic E-state index is 12.8. The molecule has 24 heavy (non-hydrogen) atoms. The average Bonchev–Trinajstić information content (AvgIpc) is 3.28. The van der Waals surface area contributed by atoms with E-state index in [1.807, 2.05) is 12.1 Å². The molecule has 1 aliphatic carbocycles. The fourth-order valence-corrected chi connectivity index (χ4v) is 3.97. The number of carbonyl (C=O) groups is 1. The summed E-state index contributed by atoms with van der Waals surface area (Å²) in [5.74, 6) is 1.49. The van der Waals surface area contributed by atoms with Gasteiger partial charge in [0.05, 0.1) is 12.0 Å². The highest BCUT2D eigenvalue weighted by Gasteiger charge is 2.49. The van der Waals surface area contributed by atoms with Gasteiger partial charge >= 0.3 is 0 Å². The van der Waals surface area contributed by atoms with Crippen LogP contribution in [0, 0.1) is 11.3 Å². The maximum Gasteiger partial charge on any atom is 0.246 e. The fraction of sp³-hybridized carbons (Fsp3) is 0.529. The van der Waals surface area contributed by atoms with E-state index in [1.54, 1.807) is 12.4 Å². The minimum atomic E-state index is -0.258. The molecule has 2 fully saturated rings. The van der Waals surface area contributed by atoms with Gasteiger partial charge in [-0.2, -0.15) is 4.98 Å². The van der Waals surface area contributed by atoms with Gasteiger partial charge in [-0.1, -0.05) is 18.0 Å². The second-order valence-corrected chi connectivity index (χ2v) is 6.66. The molecule has 0 bridgehead atoms. The largest absolute Gasteiger partial charge is 0.346 e. The third-order valence-electron chi connectivity index (χ3n) is 5.30. The number of carbonyl (C=O) groups excluding carboxylic acids is 1. The maximum absolute atomic E-state index is 12.8. The molecule has 3 heterocycles. The summed E-state index contributed by atoms with van der Waals surface area (Å²) in [4.78, 5) is 21.1. The lowest BCUT2D eigenvalue weighted by atomic mass is 9.67. The Balaban J connectivity index is 1.42. The zero-order valence-corrected chi connectivity index (χ0v) is 13.5. The molecule has 2 aromatic rings. The summed E-state index contributed by atoms with van der Waals surface area (Å²) in [5.41, 5.74) is 0.587. The van der Waals surface area contributed by atoms with E-state index in [0.29, 0.717) is 17.6 Å². The molecular weight excluding hydrogens is 306 g/mol. The number of hydrogen-bond donors (Lipinski definition) is 2. The molecule has 1 saturated heterocycles. The lowest BCUT2D eigenvalue weighted by molar-refractivity contribution is -0.134. The Labute approximate surface area is 140 Å². The van der Waals surface area contributed by atoms with Gasteiger partial charge in [-0.3, -0.25) is 9.78 Å². The van der Waals surface area contributed by atoms with Crippen molar-refractivity contribution in [1.82, 2.24) is 25.8 Å². The van der Waals surface area contributed by atoms with E-state index in [2.05, 4.69) is 25.8 Å². The summed E-state index contributed by atoms with van der Waals surface area (Å²) >= 11 is 0. The Morgan fingerprint density at radius 3 is 3.12 bits per heavy atom. The fourth-order valence-electron chi connectivity index (χ4n) is 3.97. The van der Waals surface area contributed by atoms with Crippen LogP contribution in [0.4, 0.5) is 0 Å². The van der Waals surface area contributed by atoms with Crippen molar-refractivity contribution in [2.75, 3.05) is 13.1 Å². The van der Waals surface area contributed by atoms with Crippen LogP contribution in [0.2, 0.25) is 0 Å². The lowest BCUT2D eigenvalue weighted by Crippen LogP contribution is -2.47. The molecule has 1 saturated carbocycles. The number of aromatic nitrogens is 3. The van der Waals surface area contributed by atoms with Crippen molar-refractivity contribution in [3.8, 4) is 11.4 Å². The molecule has 7 heteroatoms. The summed E-state index contributed by atoms with van der Waals surface area (Å²) < 4.78 is 5.25. The predicted octanol–water partition coefficient (Wildman–Crippen LogP) is 1.53. The second-order valence-electron chi connectivity index (χ2n) is 6.66. The van der Waals surface area contributed by atoms with Crippen LogP contribution in [-0.4, -0.2) is 34.1 Å². The van der Waals surface area contributed by atoms with Gasteiger partial charge < -0.3 is 15.2 Å². The van der Waals surface area contributed by atoms with Crippen LogP contribution in [-0.2, 0) is 11.3 Å². The highest BCUT2D eigenvalue weighted by Crippen LogP contribution is 2.43. The van der Waals surface area contributed by atoms with Gasteiger partial charge in [-0.05, 0) is 37.4 Å². The van der Waals surface area contributed by atoms with Crippen molar-refractivity contribution in [3.63, 3.8) is 0 Å². The molecule has 0 unspecified atom stereocenters. The minimum Gasteiger partial charge on any atom is -0.346 e. The van der Waals surface area contributed by atoms with Gasteiger partial charge in [0, 0.05) is 24.5 Å². The van der Waals surface area contributed by atoms with Crippen molar-refractivity contribution >= 4 is 5.91 Å². The van der Waals surface area contributed by atoms with Crippen molar-refractivity contribution in [2.24, 2.45) is 11.3 Å². The summed E-state index contributed by atoms with van der Waals surface area (Å²) in [6.45, 7) is 1.99. The Morgan fingerprint density at radius 2 is 2.25 bits per heavy atom. The van der Waals surface area contributed by atoms with E-state index >= 15 is 0 Å². The molecule has 2 N–H and O–H groups in total. The number of hydrogen-bond acceptors (Lipinski definition) is 6. The van der Waals surface area contributed by atoms with Gasteiger partial charge in [0.15, 0.2) is 0 Å². The Morgan fingerprint density at radius 1 is 1.38 bits per heavy atom. The lowest BCUT2D eigenvalue weighted by Gasteiger charge is -2.36. The quantitative estimate of drug-likeness (QED) is 0.884. The summed E-state index contributed by atoms with van der Waals surface area (Å²) in [7, 11) is 0. The first kappa shape index (κ1) is 15.3. The molecule has 126 valence electrons. The third kappa shape index (κ3) is 2.69. The molecule has 2 aromatic heterocycles. The number of rotatable bonds is 4. The van der Waals surface area contributed by atoms with Crippen LogP contribution in [0.15, 0.2) is 29.0 Å². The predicted molar refractivity (Wildman–Crippen MR) is 86.6 cm³/mol. The second kappa shape index (κ2) is 6.32. The van der Waals surface area contributed by atoms with Crippen molar-refractivity contribution in [3.05, 3.63) is 30.4 Å². The highest BCUT2D eigenvalue weighted by atomic mass is 16.5. The smallest absolute Gasteiger partial charge is 0.246 e. The zero-order valence-electron chi connectivity index (χ0n) is 13.5. The SMILES string of the molecule is O=C(NCc1nc(-c2ccncc2)no1)[C@@]12CCCC[C@H]1CNC2. The molecule has 1 aliphatic heterocycles. The van der Waals surface area contributed by atoms with Crippen LogP contribution < -0.4 is 10.6 Å². The van der Waals surface area contributed by atoms with Crippen molar-refractivity contribution < 1.29 is 9.32 Å². The van der Waals surface area contributed by atoms with E-state index in [-0.39, 0.29) is 17.9 Å². The van der Waals surface area contributed by atoms with E-state index in [4.69, 9.17) is 4.52 Å². The van der Waals surface area contributed by atoms with Gasteiger partial charge in [-0.25, -0.2) is 0 Å². The number of nitrogens with zero attached hydrogens (tertiary/aromatic N) is 3. The highest BCUT2D eigenvalue weighted by molar-refractivity contribution is 5.83.